The van der Waals surface area contributed by atoms with E-state index in [9.17, 15) is 4.79 Å². The van der Waals surface area contributed by atoms with Gasteiger partial charge in [-0.3, -0.25) is 4.79 Å². The number of para-hydroxylation sites is 1. The Hall–Kier alpha value is -3.35. The molecule has 5 rings (SSSR count). The van der Waals surface area contributed by atoms with Crippen LogP contribution in [-0.4, -0.2) is 18.3 Å². The van der Waals surface area contributed by atoms with Gasteiger partial charge in [0, 0.05) is 27.8 Å². The first kappa shape index (κ1) is 25.3. The lowest BCUT2D eigenvalue weighted by Crippen LogP contribution is -2.41. The van der Waals surface area contributed by atoms with Gasteiger partial charge < -0.3 is 19.0 Å². The minimum Gasteiger partial charge on any atom is -0.455 e. The zero-order valence-electron chi connectivity index (χ0n) is 22.6. The molecule has 1 saturated heterocycles. The number of rotatable bonds is 5. The summed E-state index contributed by atoms with van der Waals surface area (Å²) in [5, 5.41) is 4.25. The van der Waals surface area contributed by atoms with Gasteiger partial charge in [0.05, 0.1) is 22.6 Å². The van der Waals surface area contributed by atoms with Crippen LogP contribution in [0.4, 0.5) is 5.69 Å². The van der Waals surface area contributed by atoms with Crippen molar-refractivity contribution in [2.75, 3.05) is 5.32 Å². The Labute approximate surface area is 219 Å². The maximum atomic E-state index is 13.4. The monoisotopic (exact) mass is 495 g/mol. The Morgan fingerprint density at radius 1 is 0.865 bits per heavy atom. The topological polar surface area (TPSA) is 60.7 Å². The summed E-state index contributed by atoms with van der Waals surface area (Å²) < 4.78 is 19.2. The Morgan fingerprint density at radius 2 is 1.49 bits per heavy atom. The van der Waals surface area contributed by atoms with Gasteiger partial charge in [-0.2, -0.15) is 0 Å². The first-order valence-electron chi connectivity index (χ1n) is 12.8. The summed E-state index contributed by atoms with van der Waals surface area (Å²) in [5.41, 5.74) is 5.02. The van der Waals surface area contributed by atoms with E-state index in [1.807, 2.05) is 74.5 Å². The minimum absolute atomic E-state index is 0.00475. The van der Waals surface area contributed by atoms with E-state index in [0.717, 1.165) is 27.8 Å². The average molecular weight is 495 g/mol. The minimum atomic E-state index is -0.486. The van der Waals surface area contributed by atoms with Crippen molar-refractivity contribution in [3.8, 4) is 11.3 Å². The van der Waals surface area contributed by atoms with Crippen LogP contribution >= 0.6 is 0 Å². The van der Waals surface area contributed by atoms with Gasteiger partial charge in [-0.05, 0) is 66.2 Å². The summed E-state index contributed by atoms with van der Waals surface area (Å²) >= 11 is 0. The smallest absolute Gasteiger partial charge is 0.455 e. The number of fused-ring (bicyclic) bond motifs is 1. The molecule has 4 aromatic rings. The molecule has 6 heteroatoms. The molecule has 0 bridgehead atoms. The van der Waals surface area contributed by atoms with E-state index in [1.165, 1.54) is 0 Å². The van der Waals surface area contributed by atoms with Crippen LogP contribution in [0.3, 0.4) is 0 Å². The molecule has 5 nitrogen and oxygen atoms in total. The van der Waals surface area contributed by atoms with Crippen molar-refractivity contribution in [1.82, 2.24) is 0 Å². The lowest BCUT2D eigenvalue weighted by molar-refractivity contribution is 0.00578. The third-order valence-corrected chi connectivity index (χ3v) is 7.73. The van der Waals surface area contributed by atoms with Crippen LogP contribution in [0.15, 0.2) is 75.9 Å². The molecular weight excluding hydrogens is 461 g/mol. The van der Waals surface area contributed by atoms with Gasteiger partial charge in [0.2, 0.25) is 0 Å². The lowest BCUT2D eigenvalue weighted by atomic mass is 9.77. The molecule has 1 N–H and O–H groups in total. The van der Waals surface area contributed by atoms with Crippen LogP contribution in [0.2, 0.25) is 0 Å². The van der Waals surface area contributed by atoms with E-state index in [0.29, 0.717) is 22.3 Å². The summed E-state index contributed by atoms with van der Waals surface area (Å²) in [7, 11) is -0.486. The lowest BCUT2D eigenvalue weighted by Gasteiger charge is -2.32. The summed E-state index contributed by atoms with van der Waals surface area (Å²) in [5.74, 6) is 0.605. The third kappa shape index (κ3) is 4.49. The van der Waals surface area contributed by atoms with Crippen molar-refractivity contribution in [2.45, 2.75) is 65.7 Å². The van der Waals surface area contributed by atoms with E-state index in [4.69, 9.17) is 13.7 Å². The van der Waals surface area contributed by atoms with Crippen LogP contribution in [-0.2, 0) is 9.31 Å². The van der Waals surface area contributed by atoms with Gasteiger partial charge in [-0.1, -0.05) is 54.6 Å². The SMILES string of the molecule is Cc1cc(C(C)Nc2ccccc2B2OC(C)(C)C(C)(C)O2)c2oc(-c3ccccc3)c(C)c(=O)c2c1. The fourth-order valence-corrected chi connectivity index (χ4v) is 4.87. The molecule has 0 spiro atoms. The number of hydrogen-bond donors (Lipinski definition) is 1. The predicted octanol–water partition coefficient (Wildman–Crippen LogP) is 6.55. The van der Waals surface area contributed by atoms with E-state index < -0.39 is 18.3 Å². The maximum Gasteiger partial charge on any atom is 0.496 e. The highest BCUT2D eigenvalue weighted by Crippen LogP contribution is 2.37. The quantitative estimate of drug-likeness (QED) is 0.318. The molecule has 37 heavy (non-hydrogen) atoms. The van der Waals surface area contributed by atoms with Gasteiger partial charge in [0.25, 0.3) is 0 Å². The van der Waals surface area contributed by atoms with Crippen LogP contribution in [0, 0.1) is 13.8 Å². The molecule has 0 radical (unpaired) electrons. The molecule has 1 fully saturated rings. The molecule has 1 aliphatic heterocycles. The fraction of sp³-hybridized carbons (Fsp3) is 0.323. The second-order valence-electron chi connectivity index (χ2n) is 11.0. The summed E-state index contributed by atoms with van der Waals surface area (Å²) in [6.45, 7) is 14.1. The van der Waals surface area contributed by atoms with Gasteiger partial charge in [-0.15, -0.1) is 0 Å². The molecule has 1 atom stereocenters. The first-order chi connectivity index (χ1) is 17.5. The van der Waals surface area contributed by atoms with E-state index in [2.05, 4.69) is 46.0 Å². The third-order valence-electron chi connectivity index (χ3n) is 7.73. The van der Waals surface area contributed by atoms with Crippen molar-refractivity contribution in [2.24, 2.45) is 0 Å². The van der Waals surface area contributed by atoms with E-state index in [1.54, 1.807) is 0 Å². The molecule has 1 aromatic heterocycles. The molecule has 0 amide bonds. The molecule has 3 aromatic carbocycles. The molecule has 2 heterocycles. The second kappa shape index (κ2) is 9.19. The van der Waals surface area contributed by atoms with Crippen molar-refractivity contribution in [3.63, 3.8) is 0 Å². The number of hydrogen-bond acceptors (Lipinski definition) is 5. The molecule has 0 aliphatic carbocycles. The highest BCUT2D eigenvalue weighted by atomic mass is 16.7. The molecular formula is C31H34BNO4. The van der Waals surface area contributed by atoms with Crippen LogP contribution < -0.4 is 16.2 Å². The van der Waals surface area contributed by atoms with Crippen LogP contribution in [0.25, 0.3) is 22.3 Å². The highest BCUT2D eigenvalue weighted by Gasteiger charge is 2.52. The second-order valence-corrected chi connectivity index (χ2v) is 11.0. The van der Waals surface area contributed by atoms with Crippen molar-refractivity contribution < 1.29 is 13.7 Å². The normalized spacial score (nSPS) is 17.2. The number of benzene rings is 3. The van der Waals surface area contributed by atoms with Crippen LogP contribution in [0.1, 0.15) is 57.4 Å². The highest BCUT2D eigenvalue weighted by molar-refractivity contribution is 6.64. The van der Waals surface area contributed by atoms with E-state index in [-0.39, 0.29) is 11.5 Å². The fourth-order valence-electron chi connectivity index (χ4n) is 4.87. The van der Waals surface area contributed by atoms with Crippen molar-refractivity contribution >= 4 is 29.2 Å². The standard InChI is InChI=1S/C31H34BNO4/c1-19-17-23(29-24(18-19)27(34)20(2)28(35-29)22-13-9-8-10-14-22)21(3)33-26-16-12-11-15-25(26)32-36-30(4,5)31(6,7)37-32/h8-18,21,33H,1-7H3. The number of aryl methyl sites for hydroxylation is 1. The Kier molecular flexibility index (Phi) is 6.29. The van der Waals surface area contributed by atoms with Gasteiger partial charge in [0.15, 0.2) is 5.43 Å². The Bertz CT molecular complexity index is 1510. The molecule has 1 unspecified atom stereocenters. The van der Waals surface area contributed by atoms with Crippen molar-refractivity contribution in [1.29, 1.82) is 0 Å². The maximum absolute atomic E-state index is 13.4. The van der Waals surface area contributed by atoms with Gasteiger partial charge in [-0.25, -0.2) is 0 Å². The molecule has 190 valence electrons. The largest absolute Gasteiger partial charge is 0.496 e. The van der Waals surface area contributed by atoms with E-state index >= 15 is 0 Å². The van der Waals surface area contributed by atoms with Gasteiger partial charge in [0.1, 0.15) is 11.3 Å². The van der Waals surface area contributed by atoms with Crippen molar-refractivity contribution in [3.05, 3.63) is 93.6 Å². The zero-order chi connectivity index (χ0) is 26.5. The Balaban J connectivity index is 1.57. The predicted molar refractivity (Wildman–Crippen MR) is 152 cm³/mol. The zero-order valence-corrected chi connectivity index (χ0v) is 22.6. The molecule has 1 aliphatic rings. The van der Waals surface area contributed by atoms with Gasteiger partial charge >= 0.3 is 7.12 Å². The number of nitrogens with one attached hydrogen (secondary N) is 1. The summed E-state index contributed by atoms with van der Waals surface area (Å²) in [6.07, 6.45) is 0. The van der Waals surface area contributed by atoms with Crippen LogP contribution in [0.5, 0.6) is 0 Å². The first-order valence-corrected chi connectivity index (χ1v) is 12.8. The Morgan fingerprint density at radius 3 is 2.16 bits per heavy atom. The molecule has 0 saturated carbocycles. The summed E-state index contributed by atoms with van der Waals surface area (Å²) in [4.78, 5) is 13.4. The number of anilines is 1. The average Bonchev–Trinajstić information content (AvgIpc) is 3.08. The summed E-state index contributed by atoms with van der Waals surface area (Å²) in [6, 6.07) is 21.7.